The molecule has 5 rings (SSSR count). The first-order valence-corrected chi connectivity index (χ1v) is 10.6. The molecule has 32 heavy (non-hydrogen) atoms. The topological polar surface area (TPSA) is 80.4 Å². The maximum atomic E-state index is 12.8. The Bertz CT molecular complexity index is 1160. The summed E-state index contributed by atoms with van der Waals surface area (Å²) in [4.78, 5) is 30.8. The van der Waals surface area contributed by atoms with Crippen molar-refractivity contribution in [1.82, 2.24) is 19.0 Å². The average Bonchev–Trinajstić information content (AvgIpc) is 2.95. The third kappa shape index (κ3) is 3.85. The number of hydrogen-bond acceptors (Lipinski definition) is 4. The summed E-state index contributed by atoms with van der Waals surface area (Å²) in [7, 11) is 1.67. The second kappa shape index (κ2) is 7.47. The van der Waals surface area contributed by atoms with Gasteiger partial charge in [0, 0.05) is 26.1 Å². The Morgan fingerprint density at radius 1 is 1.25 bits per heavy atom. The first-order chi connectivity index (χ1) is 14.8. The summed E-state index contributed by atoms with van der Waals surface area (Å²) in [5.41, 5.74) is 2.53. The number of carbonyl (C=O) groups excluding carboxylic acids is 1. The van der Waals surface area contributed by atoms with Crippen LogP contribution in [0.25, 0.3) is 16.7 Å². The molecular formula is C22H27F3N4O3. The highest BCUT2D eigenvalue weighted by atomic mass is 19.4. The van der Waals surface area contributed by atoms with Crippen molar-refractivity contribution in [2.24, 2.45) is 18.4 Å². The summed E-state index contributed by atoms with van der Waals surface area (Å²) in [6, 6.07) is 3.15. The Morgan fingerprint density at radius 3 is 2.50 bits per heavy atom. The van der Waals surface area contributed by atoms with Crippen LogP contribution < -0.4 is 5.69 Å². The number of aliphatic hydroxyl groups excluding tert-OH is 1. The first-order valence-electron chi connectivity index (χ1n) is 10.6. The molecule has 7 nitrogen and oxygen atoms in total. The van der Waals surface area contributed by atoms with E-state index in [0.717, 1.165) is 16.0 Å². The second-order valence-electron chi connectivity index (χ2n) is 9.93. The zero-order valence-corrected chi connectivity index (χ0v) is 18.5. The van der Waals surface area contributed by atoms with Crippen molar-refractivity contribution in [3.8, 4) is 0 Å². The van der Waals surface area contributed by atoms with Gasteiger partial charge in [-0.1, -0.05) is 26.8 Å². The quantitative estimate of drug-likeness (QED) is 0.777. The number of halogens is 3. The van der Waals surface area contributed by atoms with E-state index in [1.165, 1.54) is 4.57 Å². The summed E-state index contributed by atoms with van der Waals surface area (Å²) in [5.74, 6) is -1.49. The van der Waals surface area contributed by atoms with Crippen molar-refractivity contribution in [2.45, 2.75) is 58.5 Å². The van der Waals surface area contributed by atoms with Gasteiger partial charge in [0.05, 0.1) is 17.3 Å². The third-order valence-corrected chi connectivity index (χ3v) is 6.18. The number of hydrogen-bond donors (Lipinski definition) is 1. The molecule has 3 aliphatic rings. The molecule has 1 amide bonds. The zero-order chi connectivity index (χ0) is 23.6. The largest absolute Gasteiger partial charge is 0.423 e. The van der Waals surface area contributed by atoms with Crippen molar-refractivity contribution < 1.29 is 23.1 Å². The number of amides is 1. The standard InChI is InChI=1S/C22H27F3N4O3/c1-21(2,3)11-29-16-8-7-15(26-18(16)27(4)20(29)32)14-9-13-6-5-12(14)10-28(13)19(31)17(30)22(23,24)25/h7-9,12-13,17,30H,5-6,10-11H2,1-4H3. The van der Waals surface area contributed by atoms with E-state index in [2.05, 4.69) is 0 Å². The molecule has 2 aromatic heterocycles. The Balaban J connectivity index is 1.68. The van der Waals surface area contributed by atoms with Gasteiger partial charge in [-0.05, 0) is 36.0 Å². The van der Waals surface area contributed by atoms with Crippen molar-refractivity contribution in [1.29, 1.82) is 0 Å². The van der Waals surface area contributed by atoms with E-state index in [4.69, 9.17) is 4.98 Å². The molecule has 4 heterocycles. The first kappa shape index (κ1) is 22.6. The van der Waals surface area contributed by atoms with Gasteiger partial charge in [-0.15, -0.1) is 0 Å². The van der Waals surface area contributed by atoms with E-state index in [0.29, 0.717) is 30.7 Å². The molecule has 1 N–H and O–H groups in total. The van der Waals surface area contributed by atoms with Crippen LogP contribution in [-0.2, 0) is 18.4 Å². The van der Waals surface area contributed by atoms with Gasteiger partial charge in [0.15, 0.2) is 5.65 Å². The van der Waals surface area contributed by atoms with Gasteiger partial charge in [0.25, 0.3) is 5.91 Å². The van der Waals surface area contributed by atoms with Crippen molar-refractivity contribution in [2.75, 3.05) is 6.54 Å². The number of aliphatic hydroxyl groups is 1. The summed E-state index contributed by atoms with van der Waals surface area (Å²) >= 11 is 0. The molecule has 10 heteroatoms. The highest BCUT2D eigenvalue weighted by Gasteiger charge is 2.48. The highest BCUT2D eigenvalue weighted by Crippen LogP contribution is 2.40. The lowest BCUT2D eigenvalue weighted by atomic mass is 9.78. The number of imidazole rings is 1. The molecule has 0 radical (unpaired) electrons. The minimum absolute atomic E-state index is 0.0984. The van der Waals surface area contributed by atoms with Gasteiger partial charge >= 0.3 is 11.9 Å². The number of fused-ring (bicyclic) bond motifs is 3. The predicted molar refractivity (Wildman–Crippen MR) is 113 cm³/mol. The Kier molecular flexibility index (Phi) is 5.27. The smallest absolute Gasteiger partial charge is 0.376 e. The predicted octanol–water partition coefficient (Wildman–Crippen LogP) is 2.71. The summed E-state index contributed by atoms with van der Waals surface area (Å²) in [6.07, 6.45) is -4.97. The molecule has 0 saturated carbocycles. The van der Waals surface area contributed by atoms with Crippen LogP contribution in [-0.4, -0.2) is 54.9 Å². The van der Waals surface area contributed by atoms with Crippen LogP contribution in [0.5, 0.6) is 0 Å². The summed E-state index contributed by atoms with van der Waals surface area (Å²) in [5, 5.41) is 9.39. The Morgan fingerprint density at radius 2 is 1.94 bits per heavy atom. The molecule has 2 aliphatic heterocycles. The normalized spacial score (nSPS) is 22.4. The number of rotatable bonds is 3. The van der Waals surface area contributed by atoms with Crippen LogP contribution in [0.2, 0.25) is 0 Å². The van der Waals surface area contributed by atoms with Crippen molar-refractivity contribution in [3.05, 3.63) is 34.4 Å². The third-order valence-electron chi connectivity index (χ3n) is 6.18. The summed E-state index contributed by atoms with van der Waals surface area (Å²) in [6.45, 7) is 6.79. The van der Waals surface area contributed by atoms with Gasteiger partial charge in [-0.25, -0.2) is 9.78 Å². The lowest BCUT2D eigenvalue weighted by Gasteiger charge is -2.45. The second-order valence-corrected chi connectivity index (χ2v) is 9.93. The molecule has 1 aliphatic carbocycles. The number of carbonyl (C=O) groups is 1. The van der Waals surface area contributed by atoms with Crippen LogP contribution >= 0.6 is 0 Å². The fraction of sp³-hybridized carbons (Fsp3) is 0.591. The van der Waals surface area contributed by atoms with Crippen molar-refractivity contribution in [3.63, 3.8) is 0 Å². The minimum Gasteiger partial charge on any atom is -0.376 e. The van der Waals surface area contributed by atoms with Gasteiger partial charge in [0.2, 0.25) is 6.10 Å². The molecule has 0 aromatic carbocycles. The van der Waals surface area contributed by atoms with Crippen molar-refractivity contribution >= 4 is 22.6 Å². The van der Waals surface area contributed by atoms with Crippen LogP contribution in [0, 0.1) is 11.3 Å². The SMILES string of the molecule is Cn1c(=O)n(CC(C)(C)C)c2ccc(C3=CC4CCC3CN4C(=O)C(O)C(F)(F)F)nc21. The molecule has 174 valence electrons. The average molecular weight is 452 g/mol. The maximum Gasteiger partial charge on any atom is 0.423 e. The monoisotopic (exact) mass is 452 g/mol. The molecule has 1 fully saturated rings. The van der Waals surface area contributed by atoms with E-state index in [-0.39, 0.29) is 23.6 Å². The molecule has 2 aromatic rings. The number of nitrogens with zero attached hydrogens (tertiary/aromatic N) is 4. The number of pyridine rings is 1. The molecule has 3 unspecified atom stereocenters. The number of alkyl halides is 3. The molecule has 1 saturated heterocycles. The zero-order valence-electron chi connectivity index (χ0n) is 18.5. The van der Waals surface area contributed by atoms with Crippen LogP contribution in [0.1, 0.15) is 39.3 Å². The van der Waals surface area contributed by atoms with Gasteiger partial charge in [-0.3, -0.25) is 13.9 Å². The lowest BCUT2D eigenvalue weighted by molar-refractivity contribution is -0.212. The maximum absolute atomic E-state index is 12.8. The highest BCUT2D eigenvalue weighted by molar-refractivity contribution is 5.84. The lowest BCUT2D eigenvalue weighted by Crippen LogP contribution is -2.55. The fourth-order valence-electron chi connectivity index (χ4n) is 4.67. The van der Waals surface area contributed by atoms with Crippen LogP contribution in [0.3, 0.4) is 0 Å². The summed E-state index contributed by atoms with van der Waals surface area (Å²) < 4.78 is 41.6. The van der Waals surface area contributed by atoms with Gasteiger partial charge < -0.3 is 10.0 Å². The fourth-order valence-corrected chi connectivity index (χ4v) is 4.67. The number of aryl methyl sites for hydroxylation is 1. The van der Waals surface area contributed by atoms with Crippen LogP contribution in [0.4, 0.5) is 13.2 Å². The number of piperidine rings is 1. The van der Waals surface area contributed by atoms with E-state index < -0.39 is 24.2 Å². The van der Waals surface area contributed by atoms with E-state index in [1.54, 1.807) is 17.7 Å². The molecule has 3 atom stereocenters. The molecule has 0 spiro atoms. The van der Waals surface area contributed by atoms with E-state index in [9.17, 15) is 27.9 Å². The Labute approximate surface area is 183 Å². The molecular weight excluding hydrogens is 425 g/mol. The van der Waals surface area contributed by atoms with Crippen LogP contribution in [0.15, 0.2) is 23.0 Å². The molecule has 2 bridgehead atoms. The minimum atomic E-state index is -4.99. The van der Waals surface area contributed by atoms with E-state index in [1.807, 2.05) is 32.9 Å². The van der Waals surface area contributed by atoms with Gasteiger partial charge in [0.1, 0.15) is 0 Å². The Hall–Kier alpha value is -2.62. The number of aromatic nitrogens is 3. The van der Waals surface area contributed by atoms with Gasteiger partial charge in [-0.2, -0.15) is 13.2 Å². The van der Waals surface area contributed by atoms with E-state index >= 15 is 0 Å².